The van der Waals surface area contributed by atoms with E-state index in [0.29, 0.717) is 12.2 Å². The molecule has 0 bridgehead atoms. The molecule has 0 radical (unpaired) electrons. The van der Waals surface area contributed by atoms with Gasteiger partial charge in [-0.25, -0.2) is 4.98 Å². The third-order valence-corrected chi connectivity index (χ3v) is 5.37. The van der Waals surface area contributed by atoms with E-state index in [1.54, 1.807) is 6.20 Å². The van der Waals surface area contributed by atoms with E-state index in [1.165, 1.54) is 23.1 Å². The Kier molecular flexibility index (Phi) is 10.1. The van der Waals surface area contributed by atoms with E-state index in [1.807, 2.05) is 19.2 Å². The van der Waals surface area contributed by atoms with Gasteiger partial charge in [0.1, 0.15) is 5.82 Å². The summed E-state index contributed by atoms with van der Waals surface area (Å²) >= 11 is 0. The van der Waals surface area contributed by atoms with Crippen molar-refractivity contribution in [2.75, 3.05) is 18.5 Å². The van der Waals surface area contributed by atoms with Crippen LogP contribution in [-0.2, 0) is 9.53 Å². The number of pyridine rings is 2. The van der Waals surface area contributed by atoms with Crippen LogP contribution in [0.25, 0.3) is 16.3 Å². The van der Waals surface area contributed by atoms with E-state index in [4.69, 9.17) is 4.74 Å². The lowest BCUT2D eigenvalue weighted by Gasteiger charge is -2.12. The van der Waals surface area contributed by atoms with Crippen LogP contribution in [0.1, 0.15) is 66.0 Å². The minimum absolute atomic E-state index is 0.527. The van der Waals surface area contributed by atoms with E-state index in [-0.39, 0.29) is 0 Å². The Morgan fingerprint density at radius 3 is 2.32 bits per heavy atom. The fourth-order valence-electron chi connectivity index (χ4n) is 3.29. The molecule has 5 nitrogen and oxygen atoms in total. The molecule has 0 atom stereocenters. The molecule has 1 aliphatic heterocycles. The molecule has 0 spiro atoms. The number of hydrogen-bond donors (Lipinski definition) is 1. The van der Waals surface area contributed by atoms with Crippen molar-refractivity contribution in [2.45, 2.75) is 60.3 Å². The topological polar surface area (TPSA) is 64.1 Å². The van der Waals surface area contributed by atoms with E-state index >= 15 is 0 Å². The van der Waals surface area contributed by atoms with Crippen LogP contribution in [0.3, 0.4) is 0 Å². The van der Waals surface area contributed by atoms with Gasteiger partial charge in [0.15, 0.2) is 0 Å². The Bertz CT molecular complexity index is 966. The third kappa shape index (κ3) is 7.14. The summed E-state index contributed by atoms with van der Waals surface area (Å²) < 4.78 is 4.72. The summed E-state index contributed by atoms with van der Waals surface area (Å²) in [6.45, 7) is 12.8. The maximum atomic E-state index is 10.6. The molecule has 1 aliphatic rings. The van der Waals surface area contributed by atoms with Gasteiger partial charge in [0, 0.05) is 36.4 Å². The monoisotopic (exact) mass is 421 g/mol. The molecule has 1 amide bonds. The number of nitrogens with zero attached hydrogens (tertiary/aromatic N) is 2. The second-order valence-electron chi connectivity index (χ2n) is 7.65. The Hall–Kier alpha value is -2.79. The first-order valence-electron chi connectivity index (χ1n) is 11.1. The molecule has 166 valence electrons. The molecule has 3 heterocycles. The summed E-state index contributed by atoms with van der Waals surface area (Å²) in [6.07, 6.45) is 13.2. The predicted molar refractivity (Wildman–Crippen MR) is 130 cm³/mol. The Morgan fingerprint density at radius 1 is 1.13 bits per heavy atom. The van der Waals surface area contributed by atoms with Crippen LogP contribution in [0, 0.1) is 0 Å². The van der Waals surface area contributed by atoms with Gasteiger partial charge in [-0.1, -0.05) is 38.0 Å². The zero-order valence-electron chi connectivity index (χ0n) is 19.5. The minimum atomic E-state index is 0.527. The Balaban J connectivity index is 0.000000762. The van der Waals surface area contributed by atoms with E-state index in [0.717, 1.165) is 54.5 Å². The lowest BCUT2D eigenvalue weighted by Crippen LogP contribution is -2.09. The van der Waals surface area contributed by atoms with Gasteiger partial charge in [-0.3, -0.25) is 9.78 Å². The number of ether oxygens (including phenoxy) is 1. The highest BCUT2D eigenvalue weighted by Gasteiger charge is 2.09. The molecule has 0 aliphatic carbocycles. The smallest absolute Gasteiger partial charge is 0.212 e. The SMILES string of the molecule is C1COC1.C\C=C(/C(C)=C\C(CCC)=C(/C)CC)c1cc2cnc(NC=O)cc2cn1. The number of allylic oxidation sites excluding steroid dienone is 6. The third-order valence-electron chi connectivity index (χ3n) is 5.37. The average Bonchev–Trinajstić information content (AvgIpc) is 2.72. The molecule has 3 rings (SSSR count). The van der Waals surface area contributed by atoms with Crippen molar-refractivity contribution >= 4 is 28.6 Å². The van der Waals surface area contributed by atoms with Crippen molar-refractivity contribution in [3.05, 3.63) is 59.1 Å². The lowest BCUT2D eigenvalue weighted by atomic mass is 9.95. The van der Waals surface area contributed by atoms with Crippen LogP contribution in [0.5, 0.6) is 0 Å². The fraction of sp³-hybridized carbons (Fsp3) is 0.423. The first kappa shape index (κ1) is 24.5. The highest BCUT2D eigenvalue weighted by Crippen LogP contribution is 2.27. The summed E-state index contributed by atoms with van der Waals surface area (Å²) in [6, 6.07) is 3.88. The molecule has 0 aromatic carbocycles. The maximum Gasteiger partial charge on any atom is 0.212 e. The summed E-state index contributed by atoms with van der Waals surface area (Å²) in [7, 11) is 0. The van der Waals surface area contributed by atoms with Crippen molar-refractivity contribution in [1.29, 1.82) is 0 Å². The number of anilines is 1. The second-order valence-corrected chi connectivity index (χ2v) is 7.65. The van der Waals surface area contributed by atoms with E-state index in [2.05, 4.69) is 61.2 Å². The van der Waals surface area contributed by atoms with Gasteiger partial charge in [-0.2, -0.15) is 0 Å². The van der Waals surface area contributed by atoms with Crippen LogP contribution < -0.4 is 5.32 Å². The average molecular weight is 422 g/mol. The van der Waals surface area contributed by atoms with E-state index < -0.39 is 0 Å². The molecule has 0 saturated carbocycles. The summed E-state index contributed by atoms with van der Waals surface area (Å²) in [5.41, 5.74) is 6.14. The standard InChI is InChI=1S/C23H29N3O.C3H6O/c1-6-9-18(16(4)7-2)10-17(5)21(8-3)22-11-19-14-25-23(26-15-27)12-20(19)13-24-22;1-2-4-3-1/h8,10-15H,6-7,9H2,1-5H3,(H,25,26,27);1-3H2/b17-10-,18-16+,21-8+;. The van der Waals surface area contributed by atoms with Crippen LogP contribution >= 0.6 is 0 Å². The highest BCUT2D eigenvalue weighted by molar-refractivity contribution is 5.89. The van der Waals surface area contributed by atoms with Gasteiger partial charge in [0.05, 0.1) is 5.69 Å². The van der Waals surface area contributed by atoms with Crippen molar-refractivity contribution < 1.29 is 9.53 Å². The molecule has 1 N–H and O–H groups in total. The van der Waals surface area contributed by atoms with Crippen LogP contribution in [0.4, 0.5) is 5.82 Å². The normalized spacial score (nSPS) is 14.9. The maximum absolute atomic E-state index is 10.6. The first-order valence-corrected chi connectivity index (χ1v) is 11.1. The van der Waals surface area contributed by atoms with Gasteiger partial charge >= 0.3 is 0 Å². The first-order chi connectivity index (χ1) is 15.0. The number of nitrogens with one attached hydrogen (secondary N) is 1. The largest absolute Gasteiger partial charge is 0.381 e. The summed E-state index contributed by atoms with van der Waals surface area (Å²) in [5, 5.41) is 4.52. The molecule has 5 heteroatoms. The van der Waals surface area contributed by atoms with Crippen LogP contribution in [-0.4, -0.2) is 29.6 Å². The zero-order chi connectivity index (χ0) is 22.6. The number of rotatable bonds is 8. The second kappa shape index (κ2) is 12.8. The number of carbonyl (C=O) groups excluding carboxylic acids is 1. The number of fused-ring (bicyclic) bond motifs is 1. The lowest BCUT2D eigenvalue weighted by molar-refractivity contribution is -0.105. The minimum Gasteiger partial charge on any atom is -0.381 e. The van der Waals surface area contributed by atoms with Crippen molar-refractivity contribution in [3.8, 4) is 0 Å². The summed E-state index contributed by atoms with van der Waals surface area (Å²) in [4.78, 5) is 19.5. The zero-order valence-corrected chi connectivity index (χ0v) is 19.5. The molecule has 1 fully saturated rings. The van der Waals surface area contributed by atoms with Gasteiger partial charge in [-0.15, -0.1) is 0 Å². The number of amides is 1. The molecule has 0 unspecified atom stereocenters. The van der Waals surface area contributed by atoms with Crippen LogP contribution in [0.15, 0.2) is 53.4 Å². The molecule has 1 saturated heterocycles. The fourth-order valence-corrected chi connectivity index (χ4v) is 3.29. The predicted octanol–water partition coefficient (Wildman–Crippen LogP) is 6.48. The van der Waals surface area contributed by atoms with Gasteiger partial charge in [0.2, 0.25) is 6.41 Å². The van der Waals surface area contributed by atoms with Gasteiger partial charge < -0.3 is 10.1 Å². The van der Waals surface area contributed by atoms with Gasteiger partial charge in [0.25, 0.3) is 0 Å². The van der Waals surface area contributed by atoms with Gasteiger partial charge in [-0.05, 0) is 68.9 Å². The number of carbonyl (C=O) groups is 1. The molecular weight excluding hydrogens is 386 g/mol. The Labute approximate surface area is 186 Å². The molecule has 2 aromatic heterocycles. The molecular formula is C26H35N3O2. The number of hydrogen-bond acceptors (Lipinski definition) is 4. The van der Waals surface area contributed by atoms with Crippen molar-refractivity contribution in [2.24, 2.45) is 0 Å². The van der Waals surface area contributed by atoms with Crippen molar-refractivity contribution in [1.82, 2.24) is 9.97 Å². The quantitative estimate of drug-likeness (QED) is 0.391. The molecule has 31 heavy (non-hydrogen) atoms. The van der Waals surface area contributed by atoms with Crippen molar-refractivity contribution in [3.63, 3.8) is 0 Å². The highest BCUT2D eigenvalue weighted by atomic mass is 16.5. The Morgan fingerprint density at radius 2 is 1.77 bits per heavy atom. The summed E-state index contributed by atoms with van der Waals surface area (Å²) in [5.74, 6) is 0.527. The van der Waals surface area contributed by atoms with E-state index in [9.17, 15) is 4.79 Å². The number of aromatic nitrogens is 2. The molecule has 2 aromatic rings. The van der Waals surface area contributed by atoms with Crippen LogP contribution in [0.2, 0.25) is 0 Å².